The number of benzene rings is 3. The molecule has 3 aromatic carbocycles. The summed E-state index contributed by atoms with van der Waals surface area (Å²) >= 11 is 0. The molecular weight excluding hydrogens is 367 g/mol. The Morgan fingerprint density at radius 2 is 1.62 bits per heavy atom. The van der Waals surface area contributed by atoms with Crippen molar-refractivity contribution in [3.8, 4) is 0 Å². The van der Waals surface area contributed by atoms with Crippen molar-refractivity contribution in [3.63, 3.8) is 0 Å². The molecule has 2 N–H and O–H groups in total. The lowest BCUT2D eigenvalue weighted by Crippen LogP contribution is -2.34. The maximum Gasteiger partial charge on any atom is 0.246 e. The molecule has 2 atom stereocenters. The van der Waals surface area contributed by atoms with Gasteiger partial charge in [0.15, 0.2) is 0 Å². The zero-order valence-electron chi connectivity index (χ0n) is 15.9. The van der Waals surface area contributed by atoms with E-state index >= 15 is 0 Å². The molecule has 0 spiro atoms. The highest BCUT2D eigenvalue weighted by atomic mass is 19.1. The van der Waals surface area contributed by atoms with E-state index in [1.807, 2.05) is 67.6 Å². The number of furan rings is 1. The SMILES string of the molecule is C[C@@H](N[C@H](C(=O)Nc1ccc(F)cc1)c1ccccc1)c1cc2ccccc2o1. The second-order valence-electron chi connectivity index (χ2n) is 6.91. The number of hydrogen-bond acceptors (Lipinski definition) is 3. The van der Waals surface area contributed by atoms with Crippen LogP contribution in [-0.4, -0.2) is 5.91 Å². The Bertz CT molecular complexity index is 1070. The third-order valence-electron chi connectivity index (χ3n) is 4.79. The van der Waals surface area contributed by atoms with Crippen LogP contribution in [0.3, 0.4) is 0 Å². The molecule has 0 aliphatic rings. The van der Waals surface area contributed by atoms with E-state index in [4.69, 9.17) is 4.42 Å². The summed E-state index contributed by atoms with van der Waals surface area (Å²) in [6, 6.07) is 24.2. The van der Waals surface area contributed by atoms with Crippen LogP contribution in [0.25, 0.3) is 11.0 Å². The number of nitrogens with one attached hydrogen (secondary N) is 2. The van der Waals surface area contributed by atoms with Crippen LogP contribution in [0.4, 0.5) is 10.1 Å². The van der Waals surface area contributed by atoms with Crippen LogP contribution in [0.2, 0.25) is 0 Å². The molecule has 0 saturated carbocycles. The Balaban J connectivity index is 1.58. The molecule has 0 aliphatic heterocycles. The standard InChI is InChI=1S/C24H21FN2O2/c1-16(22-15-18-9-5-6-10-21(18)29-22)26-23(17-7-3-2-4-8-17)24(28)27-20-13-11-19(25)12-14-20/h2-16,23,26H,1H3,(H,27,28)/t16-,23+/m1/s1. The van der Waals surface area contributed by atoms with Gasteiger partial charge < -0.3 is 9.73 Å². The van der Waals surface area contributed by atoms with Gasteiger partial charge in [-0.3, -0.25) is 10.1 Å². The molecular formula is C24H21FN2O2. The molecule has 0 bridgehead atoms. The summed E-state index contributed by atoms with van der Waals surface area (Å²) in [6.07, 6.45) is 0. The summed E-state index contributed by atoms with van der Waals surface area (Å²) in [5.74, 6) is 0.173. The van der Waals surface area contributed by atoms with Gasteiger partial charge in [-0.2, -0.15) is 0 Å². The Morgan fingerprint density at radius 3 is 2.34 bits per heavy atom. The Labute approximate surface area is 168 Å². The molecule has 1 heterocycles. The van der Waals surface area contributed by atoms with Crippen LogP contribution in [0.5, 0.6) is 0 Å². The van der Waals surface area contributed by atoms with Gasteiger partial charge in [-0.05, 0) is 48.9 Å². The largest absolute Gasteiger partial charge is 0.459 e. The first-order chi connectivity index (χ1) is 14.1. The smallest absolute Gasteiger partial charge is 0.246 e. The van der Waals surface area contributed by atoms with Gasteiger partial charge in [0.2, 0.25) is 5.91 Å². The minimum Gasteiger partial charge on any atom is -0.459 e. The molecule has 1 amide bonds. The molecule has 4 aromatic rings. The van der Waals surface area contributed by atoms with Crippen molar-refractivity contribution < 1.29 is 13.6 Å². The van der Waals surface area contributed by atoms with Crippen LogP contribution in [-0.2, 0) is 4.79 Å². The Kier molecular flexibility index (Phi) is 5.40. The van der Waals surface area contributed by atoms with Gasteiger partial charge in [-0.1, -0.05) is 48.5 Å². The lowest BCUT2D eigenvalue weighted by molar-refractivity contribution is -0.118. The van der Waals surface area contributed by atoms with Crippen LogP contribution >= 0.6 is 0 Å². The number of carbonyl (C=O) groups excluding carboxylic acids is 1. The predicted molar refractivity (Wildman–Crippen MR) is 112 cm³/mol. The van der Waals surface area contributed by atoms with E-state index in [0.29, 0.717) is 5.69 Å². The first kappa shape index (κ1) is 18.9. The van der Waals surface area contributed by atoms with E-state index in [2.05, 4.69) is 10.6 Å². The third-order valence-corrected chi connectivity index (χ3v) is 4.79. The predicted octanol–water partition coefficient (Wildman–Crippen LogP) is 5.60. The van der Waals surface area contributed by atoms with Crippen molar-refractivity contribution >= 4 is 22.6 Å². The molecule has 0 fully saturated rings. The molecule has 1 aromatic heterocycles. The van der Waals surface area contributed by atoms with E-state index in [1.54, 1.807) is 0 Å². The van der Waals surface area contributed by atoms with Crippen molar-refractivity contribution in [2.24, 2.45) is 0 Å². The molecule has 0 saturated heterocycles. The average molecular weight is 388 g/mol. The zero-order valence-corrected chi connectivity index (χ0v) is 15.9. The van der Waals surface area contributed by atoms with Gasteiger partial charge in [0.05, 0.1) is 6.04 Å². The van der Waals surface area contributed by atoms with Crippen molar-refractivity contribution in [3.05, 3.63) is 102 Å². The third kappa shape index (κ3) is 4.36. The highest BCUT2D eigenvalue weighted by molar-refractivity contribution is 5.95. The minimum atomic E-state index is -0.607. The molecule has 4 nitrogen and oxygen atoms in total. The number of carbonyl (C=O) groups is 1. The fourth-order valence-electron chi connectivity index (χ4n) is 3.26. The monoisotopic (exact) mass is 388 g/mol. The molecule has 5 heteroatoms. The molecule has 0 unspecified atom stereocenters. The van der Waals surface area contributed by atoms with Crippen molar-refractivity contribution in [1.82, 2.24) is 5.32 Å². The first-order valence-electron chi connectivity index (χ1n) is 9.46. The molecule has 146 valence electrons. The van der Waals surface area contributed by atoms with Crippen molar-refractivity contribution in [2.75, 3.05) is 5.32 Å². The quantitative estimate of drug-likeness (QED) is 0.452. The van der Waals surface area contributed by atoms with Gasteiger partial charge in [0.1, 0.15) is 23.2 Å². The number of anilines is 1. The highest BCUT2D eigenvalue weighted by Crippen LogP contribution is 2.26. The second kappa shape index (κ2) is 8.29. The van der Waals surface area contributed by atoms with Crippen molar-refractivity contribution in [2.45, 2.75) is 19.0 Å². The number of fused-ring (bicyclic) bond motifs is 1. The lowest BCUT2D eigenvalue weighted by Gasteiger charge is -2.22. The Hall–Kier alpha value is -3.44. The number of amides is 1. The average Bonchev–Trinajstić information content (AvgIpc) is 3.18. The van der Waals surface area contributed by atoms with Crippen LogP contribution < -0.4 is 10.6 Å². The zero-order chi connectivity index (χ0) is 20.2. The van der Waals surface area contributed by atoms with E-state index in [1.165, 1.54) is 24.3 Å². The fraction of sp³-hybridized carbons (Fsp3) is 0.125. The first-order valence-corrected chi connectivity index (χ1v) is 9.46. The summed E-state index contributed by atoms with van der Waals surface area (Å²) in [6.45, 7) is 1.96. The number of para-hydroxylation sites is 1. The van der Waals surface area contributed by atoms with E-state index < -0.39 is 6.04 Å². The Morgan fingerprint density at radius 1 is 0.931 bits per heavy atom. The van der Waals surface area contributed by atoms with E-state index in [0.717, 1.165) is 22.3 Å². The fourth-order valence-corrected chi connectivity index (χ4v) is 3.26. The summed E-state index contributed by atoms with van der Waals surface area (Å²) in [7, 11) is 0. The summed E-state index contributed by atoms with van der Waals surface area (Å²) in [5.41, 5.74) is 2.17. The van der Waals surface area contributed by atoms with E-state index in [-0.39, 0.29) is 17.8 Å². The molecule has 29 heavy (non-hydrogen) atoms. The summed E-state index contributed by atoms with van der Waals surface area (Å²) in [5, 5.41) is 7.23. The number of rotatable bonds is 6. The van der Waals surface area contributed by atoms with Crippen LogP contribution in [0, 0.1) is 5.82 Å². The van der Waals surface area contributed by atoms with Gasteiger partial charge in [-0.15, -0.1) is 0 Å². The lowest BCUT2D eigenvalue weighted by atomic mass is 10.0. The van der Waals surface area contributed by atoms with Gasteiger partial charge in [0.25, 0.3) is 0 Å². The normalized spacial score (nSPS) is 13.2. The molecule has 4 rings (SSSR count). The number of halogens is 1. The molecule has 0 radical (unpaired) electrons. The van der Waals surface area contributed by atoms with Crippen LogP contribution in [0.15, 0.2) is 89.3 Å². The number of hydrogen-bond donors (Lipinski definition) is 2. The van der Waals surface area contributed by atoms with Gasteiger partial charge in [0, 0.05) is 11.1 Å². The van der Waals surface area contributed by atoms with E-state index in [9.17, 15) is 9.18 Å². The summed E-state index contributed by atoms with van der Waals surface area (Å²) < 4.78 is 19.1. The van der Waals surface area contributed by atoms with Gasteiger partial charge in [-0.25, -0.2) is 4.39 Å². The minimum absolute atomic E-state index is 0.202. The molecule has 0 aliphatic carbocycles. The topological polar surface area (TPSA) is 54.3 Å². The van der Waals surface area contributed by atoms with Crippen molar-refractivity contribution in [1.29, 1.82) is 0 Å². The maximum atomic E-state index is 13.2. The van der Waals surface area contributed by atoms with Gasteiger partial charge >= 0.3 is 0 Å². The summed E-state index contributed by atoms with van der Waals surface area (Å²) in [4.78, 5) is 13.0. The van der Waals surface area contributed by atoms with Crippen LogP contribution in [0.1, 0.15) is 30.3 Å². The maximum absolute atomic E-state index is 13.2. The second-order valence-corrected chi connectivity index (χ2v) is 6.91. The highest BCUT2D eigenvalue weighted by Gasteiger charge is 2.24.